The molecule has 24 heavy (non-hydrogen) atoms. The van der Waals surface area contributed by atoms with Crippen LogP contribution < -0.4 is 5.32 Å². The van der Waals surface area contributed by atoms with Crippen LogP contribution in [0.15, 0.2) is 36.5 Å². The fourth-order valence-corrected chi connectivity index (χ4v) is 4.51. The number of hydrogen-bond acceptors (Lipinski definition) is 2. The number of fused-ring (bicyclic) bond motifs is 2. The number of para-hydroxylation sites is 1. The monoisotopic (exact) mass is 327 g/mol. The molecule has 0 saturated heterocycles. The maximum absolute atomic E-state index is 13.8. The smallest absolute Gasteiger partial charge is 0.272 e. The number of carbonyl (C=O) groups is 1. The fraction of sp³-hybridized carbons (Fsp3) is 0.474. The van der Waals surface area contributed by atoms with Crippen LogP contribution in [0.4, 0.5) is 4.39 Å². The van der Waals surface area contributed by atoms with E-state index in [1.165, 1.54) is 36.4 Å². The van der Waals surface area contributed by atoms with Crippen LogP contribution in [0.3, 0.4) is 0 Å². The molecule has 4 nitrogen and oxygen atoms in total. The Morgan fingerprint density at radius 1 is 1.29 bits per heavy atom. The number of hydrogen-bond donors (Lipinski definition) is 1. The minimum absolute atomic E-state index is 0.159. The van der Waals surface area contributed by atoms with E-state index in [1.54, 1.807) is 30.5 Å². The summed E-state index contributed by atoms with van der Waals surface area (Å²) in [5, 5.41) is 7.33. The first kappa shape index (κ1) is 15.4. The Hall–Kier alpha value is -2.17. The quantitative estimate of drug-likeness (QED) is 0.933. The number of halogens is 1. The molecule has 2 saturated carbocycles. The lowest BCUT2D eigenvalue weighted by atomic mass is 9.84. The third kappa shape index (κ3) is 2.72. The van der Waals surface area contributed by atoms with Crippen LogP contribution in [-0.2, 0) is 0 Å². The molecule has 0 aliphatic heterocycles. The predicted octanol–water partition coefficient (Wildman–Crippen LogP) is 3.57. The van der Waals surface area contributed by atoms with Crippen LogP contribution in [0.1, 0.15) is 43.1 Å². The summed E-state index contributed by atoms with van der Waals surface area (Å²) in [5.74, 6) is 1.67. The zero-order valence-electron chi connectivity index (χ0n) is 13.8. The molecule has 0 unspecified atom stereocenters. The standard InChI is InChI=1S/C19H22FN3O/c1-12(15-11-13-6-7-14(15)10-13)21-19(24)17-8-9-23(22-17)18-5-3-2-4-16(18)20/h2-5,8-9,12-15H,6-7,10-11H2,1H3,(H,21,24)/t12-,13+,14+,15-/m1/s1. The Morgan fingerprint density at radius 2 is 2.12 bits per heavy atom. The van der Waals surface area contributed by atoms with Gasteiger partial charge in [-0.05, 0) is 62.1 Å². The second kappa shape index (κ2) is 6.04. The molecule has 2 fully saturated rings. The molecular formula is C19H22FN3O. The molecule has 1 heterocycles. The van der Waals surface area contributed by atoms with Crippen molar-refractivity contribution < 1.29 is 9.18 Å². The van der Waals surface area contributed by atoms with Crippen molar-refractivity contribution in [3.63, 3.8) is 0 Å². The lowest BCUT2D eigenvalue weighted by Crippen LogP contribution is -2.40. The number of nitrogens with zero attached hydrogens (tertiary/aromatic N) is 2. The summed E-state index contributed by atoms with van der Waals surface area (Å²) in [5.41, 5.74) is 0.672. The van der Waals surface area contributed by atoms with Crippen LogP contribution in [0.2, 0.25) is 0 Å². The van der Waals surface area contributed by atoms with Gasteiger partial charge in [0, 0.05) is 12.2 Å². The highest BCUT2D eigenvalue weighted by atomic mass is 19.1. The number of benzene rings is 1. The van der Waals surface area contributed by atoms with E-state index in [-0.39, 0.29) is 17.8 Å². The first-order valence-electron chi connectivity index (χ1n) is 8.73. The second-order valence-corrected chi connectivity index (χ2v) is 7.20. The summed E-state index contributed by atoms with van der Waals surface area (Å²) in [4.78, 5) is 12.5. The zero-order valence-corrected chi connectivity index (χ0v) is 13.8. The van der Waals surface area contributed by atoms with Crippen molar-refractivity contribution in [3.05, 3.63) is 48.0 Å². The molecule has 1 aromatic heterocycles. The van der Waals surface area contributed by atoms with Crippen molar-refractivity contribution in [2.24, 2.45) is 17.8 Å². The van der Waals surface area contributed by atoms with E-state index in [0.717, 1.165) is 11.8 Å². The summed E-state index contributed by atoms with van der Waals surface area (Å²) in [6, 6.07) is 8.20. The Labute approximate surface area is 141 Å². The van der Waals surface area contributed by atoms with Gasteiger partial charge in [-0.3, -0.25) is 4.79 Å². The van der Waals surface area contributed by atoms with Gasteiger partial charge in [0.05, 0.1) is 0 Å². The molecule has 4 rings (SSSR count). The first-order chi connectivity index (χ1) is 11.6. The molecule has 0 spiro atoms. The van der Waals surface area contributed by atoms with Crippen LogP contribution in [0.25, 0.3) is 5.69 Å². The summed E-state index contributed by atoms with van der Waals surface area (Å²) >= 11 is 0. The van der Waals surface area contributed by atoms with Crippen LogP contribution in [0, 0.1) is 23.6 Å². The van der Waals surface area contributed by atoms with Crippen molar-refractivity contribution in [1.29, 1.82) is 0 Å². The SMILES string of the molecule is C[C@@H](NC(=O)c1ccn(-c2ccccc2F)n1)[C@H]1C[C@H]2CC[C@H]1C2. The predicted molar refractivity (Wildman–Crippen MR) is 89.4 cm³/mol. The fourth-order valence-electron chi connectivity index (χ4n) is 4.51. The first-order valence-corrected chi connectivity index (χ1v) is 8.73. The molecule has 1 N–H and O–H groups in total. The molecule has 5 heteroatoms. The van der Waals surface area contributed by atoms with Gasteiger partial charge >= 0.3 is 0 Å². The van der Waals surface area contributed by atoms with Gasteiger partial charge in [0.2, 0.25) is 0 Å². The van der Waals surface area contributed by atoms with Gasteiger partial charge in [-0.25, -0.2) is 9.07 Å². The van der Waals surface area contributed by atoms with E-state index < -0.39 is 0 Å². The summed E-state index contributed by atoms with van der Waals surface area (Å²) in [6.45, 7) is 2.09. The summed E-state index contributed by atoms with van der Waals surface area (Å²) in [6.07, 6.45) is 6.84. The third-order valence-electron chi connectivity index (χ3n) is 5.71. The Balaban J connectivity index is 1.45. The number of nitrogens with one attached hydrogen (secondary N) is 1. The maximum Gasteiger partial charge on any atom is 0.272 e. The minimum Gasteiger partial charge on any atom is -0.348 e. The lowest BCUT2D eigenvalue weighted by molar-refractivity contribution is 0.0909. The van der Waals surface area contributed by atoms with Crippen molar-refractivity contribution in [3.8, 4) is 5.69 Å². The summed E-state index contributed by atoms with van der Waals surface area (Å²) < 4.78 is 15.2. The number of carbonyl (C=O) groups excluding carboxylic acids is 1. The molecule has 1 amide bonds. The Bertz CT molecular complexity index is 757. The number of rotatable bonds is 4. The molecule has 2 bridgehead atoms. The molecule has 1 aromatic carbocycles. The average Bonchev–Trinajstić information content (AvgIpc) is 3.31. The summed E-state index contributed by atoms with van der Waals surface area (Å²) in [7, 11) is 0. The maximum atomic E-state index is 13.8. The van der Waals surface area contributed by atoms with Gasteiger partial charge in [-0.1, -0.05) is 18.6 Å². The van der Waals surface area contributed by atoms with Gasteiger partial charge in [0.25, 0.3) is 5.91 Å². The third-order valence-corrected chi connectivity index (χ3v) is 5.71. The highest BCUT2D eigenvalue weighted by Crippen LogP contribution is 2.49. The Kier molecular flexibility index (Phi) is 3.87. The Morgan fingerprint density at radius 3 is 2.83 bits per heavy atom. The topological polar surface area (TPSA) is 46.9 Å². The highest BCUT2D eigenvalue weighted by Gasteiger charge is 2.42. The van der Waals surface area contributed by atoms with Gasteiger partial charge in [0.1, 0.15) is 11.5 Å². The van der Waals surface area contributed by atoms with Crippen molar-refractivity contribution in [2.45, 2.75) is 38.6 Å². The minimum atomic E-state index is -0.358. The lowest BCUT2D eigenvalue weighted by Gasteiger charge is -2.28. The molecule has 126 valence electrons. The van der Waals surface area contributed by atoms with Gasteiger partial charge in [-0.2, -0.15) is 5.10 Å². The average molecular weight is 327 g/mol. The van der Waals surface area contributed by atoms with E-state index in [0.29, 0.717) is 17.3 Å². The molecular weight excluding hydrogens is 305 g/mol. The van der Waals surface area contributed by atoms with Crippen LogP contribution in [-0.4, -0.2) is 21.7 Å². The van der Waals surface area contributed by atoms with Gasteiger partial charge in [-0.15, -0.1) is 0 Å². The molecule has 2 aliphatic rings. The van der Waals surface area contributed by atoms with E-state index in [2.05, 4.69) is 17.3 Å². The second-order valence-electron chi connectivity index (χ2n) is 7.20. The molecule has 2 aromatic rings. The van der Waals surface area contributed by atoms with E-state index in [9.17, 15) is 9.18 Å². The van der Waals surface area contributed by atoms with Crippen LogP contribution in [0.5, 0.6) is 0 Å². The van der Waals surface area contributed by atoms with Gasteiger partial charge in [0.15, 0.2) is 5.69 Å². The van der Waals surface area contributed by atoms with Gasteiger partial charge < -0.3 is 5.32 Å². The van der Waals surface area contributed by atoms with E-state index in [1.807, 2.05) is 0 Å². The zero-order chi connectivity index (χ0) is 16.7. The highest BCUT2D eigenvalue weighted by molar-refractivity contribution is 5.92. The van der Waals surface area contributed by atoms with E-state index >= 15 is 0 Å². The van der Waals surface area contributed by atoms with Crippen molar-refractivity contribution in [1.82, 2.24) is 15.1 Å². The normalized spacial score (nSPS) is 26.5. The number of aromatic nitrogens is 2. The molecule has 0 radical (unpaired) electrons. The number of amides is 1. The van der Waals surface area contributed by atoms with Crippen molar-refractivity contribution in [2.75, 3.05) is 0 Å². The van der Waals surface area contributed by atoms with E-state index in [4.69, 9.17) is 0 Å². The molecule has 2 aliphatic carbocycles. The van der Waals surface area contributed by atoms with Crippen LogP contribution >= 0.6 is 0 Å². The van der Waals surface area contributed by atoms with Crippen molar-refractivity contribution >= 4 is 5.91 Å². The largest absolute Gasteiger partial charge is 0.348 e. The molecule has 4 atom stereocenters.